The predicted octanol–water partition coefficient (Wildman–Crippen LogP) is 0.990. The van der Waals surface area contributed by atoms with E-state index in [-0.39, 0.29) is 12.0 Å². The Balaban J connectivity index is 4.15. The standard InChI is InChI=1S/C8H19NO/c1-4-8(5-9,6-10)7(2)3/h7,10H,4-6,9H2,1-3H3. The van der Waals surface area contributed by atoms with E-state index in [1.165, 1.54) is 0 Å². The van der Waals surface area contributed by atoms with Crippen LogP contribution in [-0.2, 0) is 0 Å². The van der Waals surface area contributed by atoms with Gasteiger partial charge in [-0.15, -0.1) is 0 Å². The number of aliphatic hydroxyl groups excluding tert-OH is 1. The van der Waals surface area contributed by atoms with Crippen molar-refractivity contribution in [3.63, 3.8) is 0 Å². The van der Waals surface area contributed by atoms with Gasteiger partial charge in [-0.2, -0.15) is 0 Å². The van der Waals surface area contributed by atoms with E-state index in [1.807, 2.05) is 0 Å². The zero-order chi connectivity index (χ0) is 8.20. The van der Waals surface area contributed by atoms with Crippen molar-refractivity contribution in [2.45, 2.75) is 27.2 Å². The minimum atomic E-state index is -0.0417. The van der Waals surface area contributed by atoms with Crippen molar-refractivity contribution in [1.29, 1.82) is 0 Å². The molecule has 0 aliphatic rings. The van der Waals surface area contributed by atoms with Gasteiger partial charge in [0.1, 0.15) is 0 Å². The number of aliphatic hydroxyl groups is 1. The van der Waals surface area contributed by atoms with Crippen LogP contribution in [0, 0.1) is 11.3 Å². The fourth-order valence-corrected chi connectivity index (χ4v) is 1.15. The molecular weight excluding hydrogens is 126 g/mol. The highest BCUT2D eigenvalue weighted by Crippen LogP contribution is 2.28. The lowest BCUT2D eigenvalue weighted by molar-refractivity contribution is 0.0802. The fraction of sp³-hybridized carbons (Fsp3) is 1.00. The average molecular weight is 145 g/mol. The molecule has 0 aliphatic carbocycles. The van der Waals surface area contributed by atoms with E-state index in [9.17, 15) is 0 Å². The first-order valence-electron chi connectivity index (χ1n) is 3.94. The summed E-state index contributed by atoms with van der Waals surface area (Å²) in [5.41, 5.74) is 5.53. The molecule has 0 radical (unpaired) electrons. The summed E-state index contributed by atoms with van der Waals surface area (Å²) in [6.45, 7) is 7.07. The highest BCUT2D eigenvalue weighted by molar-refractivity contribution is 4.80. The van der Waals surface area contributed by atoms with Gasteiger partial charge in [-0.1, -0.05) is 20.8 Å². The summed E-state index contributed by atoms with van der Waals surface area (Å²) in [4.78, 5) is 0. The van der Waals surface area contributed by atoms with E-state index in [1.54, 1.807) is 0 Å². The van der Waals surface area contributed by atoms with Gasteiger partial charge in [0, 0.05) is 12.0 Å². The largest absolute Gasteiger partial charge is 0.396 e. The Kier molecular flexibility index (Phi) is 3.91. The van der Waals surface area contributed by atoms with Crippen LogP contribution in [0.15, 0.2) is 0 Å². The highest BCUT2D eigenvalue weighted by atomic mass is 16.3. The van der Waals surface area contributed by atoms with Crippen molar-refractivity contribution in [3.05, 3.63) is 0 Å². The maximum Gasteiger partial charge on any atom is 0.0501 e. The molecule has 10 heavy (non-hydrogen) atoms. The van der Waals surface area contributed by atoms with Gasteiger partial charge < -0.3 is 10.8 Å². The van der Waals surface area contributed by atoms with Crippen LogP contribution >= 0.6 is 0 Å². The van der Waals surface area contributed by atoms with Crippen LogP contribution in [0.5, 0.6) is 0 Å². The second-order valence-electron chi connectivity index (χ2n) is 3.23. The molecule has 0 rings (SSSR count). The Hall–Kier alpha value is -0.0800. The molecule has 0 bridgehead atoms. The summed E-state index contributed by atoms with van der Waals surface area (Å²) in [5, 5.41) is 9.07. The van der Waals surface area contributed by atoms with Crippen LogP contribution in [-0.4, -0.2) is 18.3 Å². The number of rotatable bonds is 4. The number of hydrogen-bond donors (Lipinski definition) is 2. The van der Waals surface area contributed by atoms with Gasteiger partial charge in [0.15, 0.2) is 0 Å². The van der Waals surface area contributed by atoms with Crippen LogP contribution in [0.2, 0.25) is 0 Å². The Morgan fingerprint density at radius 1 is 1.50 bits per heavy atom. The molecule has 1 atom stereocenters. The second kappa shape index (κ2) is 3.94. The zero-order valence-electron chi connectivity index (χ0n) is 7.22. The average Bonchev–Trinajstić information content (AvgIpc) is 1.92. The van der Waals surface area contributed by atoms with Crippen molar-refractivity contribution in [2.24, 2.45) is 17.1 Å². The molecule has 0 heterocycles. The third-order valence-corrected chi connectivity index (χ3v) is 2.65. The summed E-state index contributed by atoms with van der Waals surface area (Å²) in [7, 11) is 0. The van der Waals surface area contributed by atoms with Crippen molar-refractivity contribution < 1.29 is 5.11 Å². The van der Waals surface area contributed by atoms with Gasteiger partial charge in [0.05, 0.1) is 6.61 Å². The maximum absolute atomic E-state index is 9.07. The first-order valence-corrected chi connectivity index (χ1v) is 3.94. The van der Waals surface area contributed by atoms with E-state index in [0.717, 1.165) is 6.42 Å². The Morgan fingerprint density at radius 3 is 2.00 bits per heavy atom. The quantitative estimate of drug-likeness (QED) is 0.619. The normalized spacial score (nSPS) is 17.4. The van der Waals surface area contributed by atoms with Crippen LogP contribution in [0.4, 0.5) is 0 Å². The van der Waals surface area contributed by atoms with Crippen molar-refractivity contribution in [3.8, 4) is 0 Å². The highest BCUT2D eigenvalue weighted by Gasteiger charge is 2.29. The molecule has 62 valence electrons. The molecule has 0 saturated heterocycles. The SMILES string of the molecule is CCC(CN)(CO)C(C)C. The van der Waals surface area contributed by atoms with Gasteiger partial charge in [-0.3, -0.25) is 0 Å². The smallest absolute Gasteiger partial charge is 0.0501 e. The van der Waals surface area contributed by atoms with E-state index >= 15 is 0 Å². The van der Waals surface area contributed by atoms with Crippen LogP contribution in [0.3, 0.4) is 0 Å². The zero-order valence-corrected chi connectivity index (χ0v) is 7.22. The van der Waals surface area contributed by atoms with E-state index < -0.39 is 0 Å². The predicted molar refractivity (Wildman–Crippen MR) is 43.7 cm³/mol. The van der Waals surface area contributed by atoms with E-state index in [0.29, 0.717) is 12.5 Å². The summed E-state index contributed by atoms with van der Waals surface area (Å²) in [6, 6.07) is 0. The lowest BCUT2D eigenvalue weighted by Crippen LogP contribution is -2.38. The van der Waals surface area contributed by atoms with Crippen LogP contribution in [0.1, 0.15) is 27.2 Å². The Bertz CT molecular complexity index is 79.0. The molecule has 2 heteroatoms. The first-order chi connectivity index (χ1) is 4.63. The maximum atomic E-state index is 9.07. The van der Waals surface area contributed by atoms with Crippen LogP contribution in [0.25, 0.3) is 0 Å². The van der Waals surface area contributed by atoms with Gasteiger partial charge >= 0.3 is 0 Å². The third-order valence-electron chi connectivity index (χ3n) is 2.65. The molecule has 0 aromatic rings. The lowest BCUT2D eigenvalue weighted by Gasteiger charge is -2.33. The molecule has 0 aliphatic heterocycles. The molecule has 1 unspecified atom stereocenters. The topological polar surface area (TPSA) is 46.2 Å². The molecule has 0 aromatic carbocycles. The molecule has 2 nitrogen and oxygen atoms in total. The summed E-state index contributed by atoms with van der Waals surface area (Å²) >= 11 is 0. The number of hydrogen-bond acceptors (Lipinski definition) is 2. The van der Waals surface area contributed by atoms with Crippen molar-refractivity contribution in [1.82, 2.24) is 0 Å². The second-order valence-corrected chi connectivity index (χ2v) is 3.23. The molecule has 0 saturated carbocycles. The monoisotopic (exact) mass is 145 g/mol. The Morgan fingerprint density at radius 2 is 2.00 bits per heavy atom. The lowest BCUT2D eigenvalue weighted by atomic mass is 9.76. The molecule has 0 fully saturated rings. The van der Waals surface area contributed by atoms with Crippen LogP contribution < -0.4 is 5.73 Å². The minimum absolute atomic E-state index is 0.0417. The molecular formula is C8H19NO. The molecule has 0 amide bonds. The van der Waals surface area contributed by atoms with Crippen molar-refractivity contribution in [2.75, 3.05) is 13.2 Å². The van der Waals surface area contributed by atoms with E-state index in [4.69, 9.17) is 10.8 Å². The van der Waals surface area contributed by atoms with Gasteiger partial charge in [-0.05, 0) is 12.3 Å². The molecule has 0 spiro atoms. The van der Waals surface area contributed by atoms with Gasteiger partial charge in [0.2, 0.25) is 0 Å². The fourth-order valence-electron chi connectivity index (χ4n) is 1.15. The molecule has 0 aromatic heterocycles. The van der Waals surface area contributed by atoms with Gasteiger partial charge in [-0.25, -0.2) is 0 Å². The summed E-state index contributed by atoms with van der Waals surface area (Å²) in [5.74, 6) is 0.465. The molecule has 3 N–H and O–H groups in total. The van der Waals surface area contributed by atoms with E-state index in [2.05, 4.69) is 20.8 Å². The third kappa shape index (κ3) is 1.70. The summed E-state index contributed by atoms with van der Waals surface area (Å²) < 4.78 is 0. The Labute approximate surface area is 63.4 Å². The van der Waals surface area contributed by atoms with Crippen molar-refractivity contribution >= 4 is 0 Å². The number of nitrogens with two attached hydrogens (primary N) is 1. The minimum Gasteiger partial charge on any atom is -0.396 e. The summed E-state index contributed by atoms with van der Waals surface area (Å²) in [6.07, 6.45) is 0.956. The van der Waals surface area contributed by atoms with Gasteiger partial charge in [0.25, 0.3) is 0 Å². The first kappa shape index (κ1) is 9.92.